The fraction of sp³-hybridized carbons (Fsp3) is 0.458. The minimum atomic E-state index is -0.920. The zero-order valence-corrected chi connectivity index (χ0v) is 17.3. The van der Waals surface area contributed by atoms with Crippen LogP contribution in [0.5, 0.6) is 11.5 Å². The van der Waals surface area contributed by atoms with E-state index < -0.39 is 5.97 Å². The summed E-state index contributed by atoms with van der Waals surface area (Å²) in [5, 5.41) is 9.17. The Morgan fingerprint density at radius 1 is 1.00 bits per heavy atom. The summed E-state index contributed by atoms with van der Waals surface area (Å²) in [6.07, 6.45) is 3.24. The largest absolute Gasteiger partial charge is 0.478 e. The van der Waals surface area contributed by atoms with Gasteiger partial charge >= 0.3 is 5.97 Å². The van der Waals surface area contributed by atoms with E-state index in [0.29, 0.717) is 5.75 Å². The van der Waals surface area contributed by atoms with E-state index in [1.54, 1.807) is 18.2 Å². The number of fused-ring (bicyclic) bond motifs is 1. The molecule has 144 valence electrons. The van der Waals surface area contributed by atoms with Crippen molar-refractivity contribution in [2.45, 2.75) is 71.6 Å². The van der Waals surface area contributed by atoms with Crippen LogP contribution < -0.4 is 4.74 Å². The molecule has 0 spiro atoms. The molecule has 1 aliphatic rings. The number of carboxylic acid groups (broad SMARTS) is 1. The Balaban J connectivity index is 2.08. The molecule has 3 nitrogen and oxygen atoms in total. The van der Waals surface area contributed by atoms with Crippen LogP contribution in [-0.2, 0) is 17.3 Å². The van der Waals surface area contributed by atoms with Crippen LogP contribution in [0.1, 0.15) is 80.1 Å². The smallest absolute Gasteiger partial charge is 0.335 e. The van der Waals surface area contributed by atoms with Crippen molar-refractivity contribution in [3.63, 3.8) is 0 Å². The molecule has 2 aromatic carbocycles. The monoisotopic (exact) mass is 366 g/mol. The van der Waals surface area contributed by atoms with Gasteiger partial charge in [0.2, 0.25) is 0 Å². The first-order chi connectivity index (χ1) is 12.5. The molecule has 0 radical (unpaired) electrons. The van der Waals surface area contributed by atoms with Crippen LogP contribution in [0.25, 0.3) is 0 Å². The molecule has 1 aliphatic carbocycles. The first-order valence-electron chi connectivity index (χ1n) is 9.75. The lowest BCUT2D eigenvalue weighted by atomic mass is 9.63. The molecule has 0 bridgehead atoms. The molecule has 3 rings (SSSR count). The number of hydrogen-bond acceptors (Lipinski definition) is 2. The Kier molecular flexibility index (Phi) is 4.83. The third kappa shape index (κ3) is 3.60. The fourth-order valence-electron chi connectivity index (χ4n) is 4.03. The van der Waals surface area contributed by atoms with Crippen molar-refractivity contribution >= 4 is 5.97 Å². The van der Waals surface area contributed by atoms with Crippen LogP contribution in [0.3, 0.4) is 0 Å². The number of benzene rings is 2. The highest BCUT2D eigenvalue weighted by Gasteiger charge is 2.37. The molecule has 0 unspecified atom stereocenters. The fourth-order valence-corrected chi connectivity index (χ4v) is 4.03. The average molecular weight is 367 g/mol. The molecule has 0 aromatic heterocycles. The van der Waals surface area contributed by atoms with Crippen LogP contribution in [0.15, 0.2) is 30.3 Å². The van der Waals surface area contributed by atoms with Gasteiger partial charge in [-0.2, -0.15) is 0 Å². The molecular formula is C24H30O3. The van der Waals surface area contributed by atoms with Crippen LogP contribution in [0, 0.1) is 6.92 Å². The van der Waals surface area contributed by atoms with Gasteiger partial charge < -0.3 is 9.84 Å². The third-order valence-electron chi connectivity index (χ3n) is 6.06. The molecule has 1 N–H and O–H groups in total. The summed E-state index contributed by atoms with van der Waals surface area (Å²) in [6, 6.07) is 9.56. The maximum Gasteiger partial charge on any atom is 0.335 e. The predicted octanol–water partition coefficient (Wildman–Crippen LogP) is 6.40. The van der Waals surface area contributed by atoms with Crippen LogP contribution in [-0.4, -0.2) is 11.1 Å². The van der Waals surface area contributed by atoms with Crippen molar-refractivity contribution in [3.8, 4) is 11.5 Å². The van der Waals surface area contributed by atoms with Gasteiger partial charge in [-0.15, -0.1) is 0 Å². The average Bonchev–Trinajstić information content (AvgIpc) is 2.60. The molecule has 0 heterocycles. The van der Waals surface area contributed by atoms with E-state index in [1.807, 2.05) is 6.92 Å². The highest BCUT2D eigenvalue weighted by Crippen LogP contribution is 2.48. The molecule has 0 atom stereocenters. The Morgan fingerprint density at radius 3 is 2.11 bits per heavy atom. The van der Waals surface area contributed by atoms with Gasteiger partial charge in [0, 0.05) is 0 Å². The summed E-state index contributed by atoms with van der Waals surface area (Å²) in [7, 11) is 0. The molecular weight excluding hydrogens is 336 g/mol. The minimum absolute atomic E-state index is 0.122. The van der Waals surface area contributed by atoms with E-state index in [4.69, 9.17) is 4.74 Å². The van der Waals surface area contributed by atoms with Crippen LogP contribution >= 0.6 is 0 Å². The first-order valence-corrected chi connectivity index (χ1v) is 9.75. The van der Waals surface area contributed by atoms with E-state index in [1.165, 1.54) is 23.1 Å². The van der Waals surface area contributed by atoms with Gasteiger partial charge in [0.15, 0.2) is 0 Å². The van der Waals surface area contributed by atoms with Crippen molar-refractivity contribution in [1.82, 2.24) is 0 Å². The molecule has 3 heteroatoms. The number of carboxylic acids is 1. The highest BCUT2D eigenvalue weighted by molar-refractivity contribution is 5.88. The minimum Gasteiger partial charge on any atom is -0.478 e. The second-order valence-electron chi connectivity index (χ2n) is 9.01. The lowest BCUT2D eigenvalue weighted by Gasteiger charge is -2.42. The van der Waals surface area contributed by atoms with E-state index >= 15 is 0 Å². The third-order valence-corrected chi connectivity index (χ3v) is 6.06. The second-order valence-corrected chi connectivity index (χ2v) is 9.01. The van der Waals surface area contributed by atoms with Gasteiger partial charge in [0.1, 0.15) is 11.5 Å². The number of ether oxygens (including phenoxy) is 1. The number of aromatic carboxylic acids is 1. The van der Waals surface area contributed by atoms with Crippen LogP contribution in [0.4, 0.5) is 0 Å². The number of carbonyl (C=O) groups is 1. The van der Waals surface area contributed by atoms with Gasteiger partial charge in [0.25, 0.3) is 0 Å². The summed E-state index contributed by atoms with van der Waals surface area (Å²) in [5.41, 5.74) is 5.40. The zero-order valence-electron chi connectivity index (χ0n) is 17.3. The van der Waals surface area contributed by atoms with Gasteiger partial charge in [-0.1, -0.05) is 40.7 Å². The maximum absolute atomic E-state index is 11.2. The zero-order chi connectivity index (χ0) is 20.0. The number of rotatable bonds is 4. The van der Waals surface area contributed by atoms with Gasteiger partial charge in [-0.3, -0.25) is 0 Å². The van der Waals surface area contributed by atoms with Crippen molar-refractivity contribution in [1.29, 1.82) is 0 Å². The quantitative estimate of drug-likeness (QED) is 0.681. The van der Waals surface area contributed by atoms with Crippen molar-refractivity contribution in [2.24, 2.45) is 0 Å². The summed E-state index contributed by atoms with van der Waals surface area (Å²) in [4.78, 5) is 11.2. The Bertz CT molecular complexity index is 891. The summed E-state index contributed by atoms with van der Waals surface area (Å²) >= 11 is 0. The summed E-state index contributed by atoms with van der Waals surface area (Å²) in [5.74, 6) is 0.674. The molecule has 0 saturated heterocycles. The lowest BCUT2D eigenvalue weighted by molar-refractivity contribution is 0.0696. The van der Waals surface area contributed by atoms with Gasteiger partial charge in [-0.25, -0.2) is 4.79 Å². The van der Waals surface area contributed by atoms with Crippen LogP contribution in [0.2, 0.25) is 0 Å². The topological polar surface area (TPSA) is 46.5 Å². The molecule has 0 saturated carbocycles. The number of aryl methyl sites for hydroxylation is 2. The van der Waals surface area contributed by atoms with E-state index in [-0.39, 0.29) is 16.4 Å². The van der Waals surface area contributed by atoms with E-state index in [9.17, 15) is 9.90 Å². The molecule has 2 aromatic rings. The van der Waals surface area contributed by atoms with E-state index in [2.05, 4.69) is 46.8 Å². The normalized spacial score (nSPS) is 17.3. The van der Waals surface area contributed by atoms with Gasteiger partial charge in [-0.05, 0) is 83.5 Å². The second kappa shape index (κ2) is 6.70. The van der Waals surface area contributed by atoms with Crippen molar-refractivity contribution in [3.05, 3.63) is 58.1 Å². The Morgan fingerprint density at radius 2 is 1.59 bits per heavy atom. The first kappa shape index (κ1) is 19.5. The lowest BCUT2D eigenvalue weighted by Crippen LogP contribution is -2.34. The molecule has 0 fully saturated rings. The molecule has 27 heavy (non-hydrogen) atoms. The standard InChI is InChI=1S/C24H30O3/c1-7-16-13-18-19(24(5,6)11-10-23(18,3)4)14-21(16)27-20-9-8-17(22(25)26)12-15(20)2/h8-9,12-14H,7,10-11H2,1-6H3,(H,25,26). The predicted molar refractivity (Wildman–Crippen MR) is 109 cm³/mol. The van der Waals surface area contributed by atoms with Crippen molar-refractivity contribution in [2.75, 3.05) is 0 Å². The SMILES string of the molecule is CCc1cc2c(cc1Oc1ccc(C(=O)O)cc1C)C(C)(C)CCC2(C)C. The molecule has 0 aliphatic heterocycles. The maximum atomic E-state index is 11.2. The number of hydrogen-bond donors (Lipinski definition) is 1. The van der Waals surface area contributed by atoms with Gasteiger partial charge in [0.05, 0.1) is 5.56 Å². The highest BCUT2D eigenvalue weighted by atomic mass is 16.5. The van der Waals surface area contributed by atoms with Crippen molar-refractivity contribution < 1.29 is 14.6 Å². The van der Waals surface area contributed by atoms with E-state index in [0.717, 1.165) is 24.2 Å². The molecule has 0 amide bonds. The Labute approximate surface area is 162 Å². The summed E-state index contributed by atoms with van der Waals surface area (Å²) in [6.45, 7) is 13.3. The Hall–Kier alpha value is -2.29. The summed E-state index contributed by atoms with van der Waals surface area (Å²) < 4.78 is 6.30.